The standard InChI is InChI=1S/C14H15N3O2S/c18-11-7-3-4-8-17(11)16-14(19)13-12(15-9-20-13)10-5-1-2-6-10/h3-4,7-10H,1-2,5-6H2,(H,16,19). The minimum atomic E-state index is -0.261. The summed E-state index contributed by atoms with van der Waals surface area (Å²) in [5.41, 5.74) is 4.94. The van der Waals surface area contributed by atoms with Crippen LogP contribution in [0.15, 0.2) is 34.7 Å². The Labute approximate surface area is 120 Å². The molecule has 20 heavy (non-hydrogen) atoms. The molecule has 1 amide bonds. The molecule has 1 aliphatic rings. The third-order valence-corrected chi connectivity index (χ3v) is 4.43. The fourth-order valence-corrected chi connectivity index (χ4v) is 3.36. The summed E-state index contributed by atoms with van der Waals surface area (Å²) < 4.78 is 1.19. The Kier molecular flexibility index (Phi) is 3.64. The molecule has 0 aliphatic heterocycles. The van der Waals surface area contributed by atoms with Crippen LogP contribution in [-0.2, 0) is 0 Å². The largest absolute Gasteiger partial charge is 0.282 e. The van der Waals surface area contributed by atoms with Crippen LogP contribution in [0.1, 0.15) is 47.0 Å². The molecule has 1 saturated carbocycles. The molecule has 0 unspecified atom stereocenters. The minimum Gasteiger partial charge on any atom is -0.268 e. The van der Waals surface area contributed by atoms with Gasteiger partial charge in [-0.05, 0) is 18.9 Å². The Hall–Kier alpha value is -1.95. The number of pyridine rings is 1. The lowest BCUT2D eigenvalue weighted by molar-refractivity contribution is 0.101. The van der Waals surface area contributed by atoms with Crippen molar-refractivity contribution in [1.29, 1.82) is 0 Å². The van der Waals surface area contributed by atoms with E-state index in [0.717, 1.165) is 18.5 Å². The predicted molar refractivity (Wildman–Crippen MR) is 77.7 cm³/mol. The van der Waals surface area contributed by atoms with Crippen molar-refractivity contribution in [3.63, 3.8) is 0 Å². The third kappa shape index (κ3) is 2.51. The van der Waals surface area contributed by atoms with E-state index in [1.807, 2.05) is 0 Å². The Bertz CT molecular complexity index is 671. The van der Waals surface area contributed by atoms with Crippen LogP contribution >= 0.6 is 11.3 Å². The maximum absolute atomic E-state index is 12.3. The van der Waals surface area contributed by atoms with Gasteiger partial charge in [0.25, 0.3) is 11.5 Å². The molecule has 3 rings (SSSR count). The highest BCUT2D eigenvalue weighted by atomic mass is 32.1. The van der Waals surface area contributed by atoms with Gasteiger partial charge in [0.2, 0.25) is 0 Å². The first-order valence-electron chi connectivity index (χ1n) is 6.68. The highest BCUT2D eigenvalue weighted by Gasteiger charge is 2.25. The molecule has 6 heteroatoms. The number of hydrogen-bond acceptors (Lipinski definition) is 4. The summed E-state index contributed by atoms with van der Waals surface area (Å²) in [5.74, 6) is 0.122. The molecule has 1 N–H and O–H groups in total. The van der Waals surface area contributed by atoms with Gasteiger partial charge in [-0.25, -0.2) is 9.66 Å². The molecule has 2 heterocycles. The zero-order chi connectivity index (χ0) is 13.9. The second kappa shape index (κ2) is 5.58. The van der Waals surface area contributed by atoms with Gasteiger partial charge in [0, 0.05) is 18.2 Å². The second-order valence-corrected chi connectivity index (χ2v) is 5.75. The van der Waals surface area contributed by atoms with Gasteiger partial charge in [-0.2, -0.15) is 0 Å². The second-order valence-electron chi connectivity index (χ2n) is 4.90. The van der Waals surface area contributed by atoms with Crippen LogP contribution in [0.3, 0.4) is 0 Å². The molecular formula is C14H15N3O2S. The van der Waals surface area contributed by atoms with Crippen molar-refractivity contribution >= 4 is 17.2 Å². The number of carbonyl (C=O) groups excluding carboxylic acids is 1. The number of thiazole rings is 1. The van der Waals surface area contributed by atoms with Gasteiger partial charge in [-0.3, -0.25) is 15.0 Å². The van der Waals surface area contributed by atoms with Crippen molar-refractivity contribution in [2.24, 2.45) is 0 Å². The van der Waals surface area contributed by atoms with E-state index in [9.17, 15) is 9.59 Å². The van der Waals surface area contributed by atoms with E-state index >= 15 is 0 Å². The Balaban J connectivity index is 1.83. The number of nitrogens with zero attached hydrogens (tertiary/aromatic N) is 2. The van der Waals surface area contributed by atoms with Gasteiger partial charge in [0.15, 0.2) is 0 Å². The first-order valence-corrected chi connectivity index (χ1v) is 7.56. The van der Waals surface area contributed by atoms with E-state index in [1.165, 1.54) is 41.1 Å². The Morgan fingerprint density at radius 2 is 2.15 bits per heavy atom. The maximum atomic E-state index is 12.3. The fourth-order valence-electron chi connectivity index (χ4n) is 2.59. The molecule has 2 aromatic heterocycles. The van der Waals surface area contributed by atoms with Gasteiger partial charge >= 0.3 is 0 Å². The summed E-state index contributed by atoms with van der Waals surface area (Å²) in [6.45, 7) is 0. The molecule has 0 aromatic carbocycles. The first-order chi connectivity index (χ1) is 9.75. The third-order valence-electron chi connectivity index (χ3n) is 3.59. The molecule has 104 valence electrons. The number of aromatic nitrogens is 2. The van der Waals surface area contributed by atoms with Crippen molar-refractivity contribution < 1.29 is 4.79 Å². The van der Waals surface area contributed by atoms with Gasteiger partial charge in [0.05, 0.1) is 11.2 Å². The smallest absolute Gasteiger partial charge is 0.268 e. The number of nitrogens with one attached hydrogen (secondary N) is 1. The number of hydrogen-bond donors (Lipinski definition) is 1. The first kappa shape index (κ1) is 13.1. The highest BCUT2D eigenvalue weighted by Crippen LogP contribution is 2.36. The summed E-state index contributed by atoms with van der Waals surface area (Å²) in [4.78, 5) is 28.9. The summed E-state index contributed by atoms with van der Waals surface area (Å²) in [7, 11) is 0. The highest BCUT2D eigenvalue weighted by molar-refractivity contribution is 7.12. The average Bonchev–Trinajstić information content (AvgIpc) is 3.11. The van der Waals surface area contributed by atoms with Gasteiger partial charge in [-0.15, -0.1) is 11.3 Å². The normalized spacial score (nSPS) is 15.4. The molecule has 2 aromatic rings. The monoisotopic (exact) mass is 289 g/mol. The number of amides is 1. The molecule has 1 fully saturated rings. The van der Waals surface area contributed by atoms with E-state index in [2.05, 4.69) is 10.4 Å². The van der Waals surface area contributed by atoms with Crippen molar-refractivity contribution in [1.82, 2.24) is 9.66 Å². The molecule has 0 bridgehead atoms. The van der Waals surface area contributed by atoms with E-state index < -0.39 is 0 Å². The number of carbonyl (C=O) groups is 1. The SMILES string of the molecule is O=C(Nn1ccccc1=O)c1scnc1C1CCCC1. The van der Waals surface area contributed by atoms with Crippen LogP contribution < -0.4 is 11.0 Å². The topological polar surface area (TPSA) is 64.0 Å². The van der Waals surface area contributed by atoms with E-state index in [0.29, 0.717) is 10.8 Å². The van der Waals surface area contributed by atoms with Gasteiger partial charge < -0.3 is 0 Å². The van der Waals surface area contributed by atoms with Crippen LogP contribution in [-0.4, -0.2) is 15.6 Å². The summed E-state index contributed by atoms with van der Waals surface area (Å²) in [6.07, 6.45) is 6.11. The summed E-state index contributed by atoms with van der Waals surface area (Å²) >= 11 is 1.33. The van der Waals surface area contributed by atoms with Crippen molar-refractivity contribution in [3.8, 4) is 0 Å². The van der Waals surface area contributed by atoms with Crippen LogP contribution in [0.4, 0.5) is 0 Å². The summed E-state index contributed by atoms with van der Waals surface area (Å²) in [6, 6.07) is 4.75. The lowest BCUT2D eigenvalue weighted by atomic mass is 10.0. The maximum Gasteiger partial charge on any atom is 0.282 e. The van der Waals surface area contributed by atoms with E-state index in [-0.39, 0.29) is 11.5 Å². The lowest BCUT2D eigenvalue weighted by Gasteiger charge is -2.10. The molecule has 5 nitrogen and oxygen atoms in total. The molecule has 0 spiro atoms. The minimum absolute atomic E-state index is 0.257. The van der Waals surface area contributed by atoms with Gasteiger partial charge in [-0.1, -0.05) is 18.9 Å². The molecular weight excluding hydrogens is 274 g/mol. The van der Waals surface area contributed by atoms with Crippen LogP contribution in [0.2, 0.25) is 0 Å². The zero-order valence-electron chi connectivity index (χ0n) is 10.9. The fraction of sp³-hybridized carbons (Fsp3) is 0.357. The van der Waals surface area contributed by atoms with Crippen molar-refractivity contribution in [2.45, 2.75) is 31.6 Å². The molecule has 0 atom stereocenters. The molecule has 1 aliphatic carbocycles. The number of rotatable bonds is 3. The van der Waals surface area contributed by atoms with Crippen molar-refractivity contribution in [3.05, 3.63) is 50.8 Å². The van der Waals surface area contributed by atoms with Crippen molar-refractivity contribution in [2.75, 3.05) is 5.43 Å². The summed E-state index contributed by atoms with van der Waals surface area (Å²) in [5, 5.41) is 0. The lowest BCUT2D eigenvalue weighted by Crippen LogP contribution is -2.32. The van der Waals surface area contributed by atoms with E-state index in [4.69, 9.17) is 0 Å². The van der Waals surface area contributed by atoms with Crippen LogP contribution in [0.25, 0.3) is 0 Å². The van der Waals surface area contributed by atoms with Gasteiger partial charge in [0.1, 0.15) is 4.88 Å². The Morgan fingerprint density at radius 3 is 2.90 bits per heavy atom. The van der Waals surface area contributed by atoms with E-state index in [1.54, 1.807) is 17.6 Å². The van der Waals surface area contributed by atoms with Crippen LogP contribution in [0.5, 0.6) is 0 Å². The predicted octanol–water partition coefficient (Wildman–Crippen LogP) is 2.35. The average molecular weight is 289 g/mol. The quantitative estimate of drug-likeness (QED) is 0.943. The molecule has 0 saturated heterocycles. The Morgan fingerprint density at radius 1 is 1.35 bits per heavy atom. The molecule has 0 radical (unpaired) electrons. The van der Waals surface area contributed by atoms with Crippen LogP contribution in [0, 0.1) is 0 Å². The zero-order valence-corrected chi connectivity index (χ0v) is 11.7.